The minimum Gasteiger partial charge on any atom is -0.426 e. The largest absolute Gasteiger partial charge is 0.534 e. The van der Waals surface area contributed by atoms with Crippen molar-refractivity contribution < 1.29 is 115 Å². The highest BCUT2D eigenvalue weighted by molar-refractivity contribution is 6.03. The Bertz CT molecular complexity index is 3620. The fraction of sp³-hybridized carbons (Fsp3) is 0.465. The molecule has 102 heavy (non-hydrogen) atoms. The number of aryl methyl sites for hydroxylation is 1. The van der Waals surface area contributed by atoms with Crippen LogP contribution in [0.15, 0.2) is 121 Å². The maximum Gasteiger partial charge on any atom is 0.534 e. The van der Waals surface area contributed by atoms with Gasteiger partial charge in [0.1, 0.15) is 41.7 Å². The topological polar surface area (TPSA) is 393 Å². The van der Waals surface area contributed by atoms with Crippen LogP contribution in [0.5, 0.6) is 17.2 Å². The van der Waals surface area contributed by atoms with E-state index < -0.39 is 105 Å². The van der Waals surface area contributed by atoms with Crippen LogP contribution in [-0.2, 0) is 71.8 Å². The molecule has 0 N–H and O–H groups in total. The Morgan fingerprint density at radius 3 is 1.08 bits per heavy atom. The summed E-state index contributed by atoms with van der Waals surface area (Å²) in [5.74, 6) is -3.58. The van der Waals surface area contributed by atoms with E-state index >= 15 is 0 Å². The van der Waals surface area contributed by atoms with E-state index in [-0.39, 0.29) is 80.0 Å². The summed E-state index contributed by atoms with van der Waals surface area (Å²) in [4.78, 5) is 176. The maximum atomic E-state index is 12.8. The van der Waals surface area contributed by atoms with Crippen molar-refractivity contribution in [2.24, 2.45) is 10.8 Å². The van der Waals surface area contributed by atoms with Crippen molar-refractivity contribution >= 4 is 83.4 Å². The summed E-state index contributed by atoms with van der Waals surface area (Å²) in [6.07, 6.45) is 22.8. The standard InChI is InChI=1S/C23H22N2O9.C19H22N2O9.C16H20O3.C13H17NO5/c1-23(21(26)32-19-10-6-16(7-11-19)24(28)29)14-2-4-18(5-3-15-23)33-22(27)34-20-12-8-17(9-13-20)25(30)31;1-19(17(26)29-20-13(22)6-7-14(20)23)10-2-4-12(5-3-11-19)28-18(27)30-21-15(24)8-9-16(21)25;1-13-9-11-15(12-10-13)19-16(17)18-14-7-5-3-2-4-6-8-14;15-11-8-9-12(16)14(11)19-13(17)18-10-6-4-2-1-3-5-7-10/h2,4,6-13,18H,3,5,14-15H2,1H3;2,4,12H,3,5-11H2,1H3;5,7,9-12,14H,2-4,6,8H2,1H3;4,6,10H,1-3,5,7-9H2/b2*4-2+;7-5+;6-4+/t18-,23+;12-,19+;;/m11../s1. The number of esters is 1. The van der Waals surface area contributed by atoms with Gasteiger partial charge in [-0.1, -0.05) is 65.0 Å². The van der Waals surface area contributed by atoms with Gasteiger partial charge in [-0.05, 0) is 184 Å². The van der Waals surface area contributed by atoms with E-state index in [2.05, 4.69) is 15.8 Å². The molecule has 0 aromatic heterocycles. The number of nitro groups is 2. The number of benzene rings is 3. The lowest BCUT2D eigenvalue weighted by molar-refractivity contribution is -0.385. The van der Waals surface area contributed by atoms with Crippen LogP contribution in [0.25, 0.3) is 0 Å². The average molecular weight is 1420 g/mol. The summed E-state index contributed by atoms with van der Waals surface area (Å²) in [5.41, 5.74) is -0.872. The van der Waals surface area contributed by atoms with Gasteiger partial charge in [-0.15, -0.1) is 5.06 Å². The highest BCUT2D eigenvalue weighted by Crippen LogP contribution is 2.36. The molecule has 10 rings (SSSR count). The quantitative estimate of drug-likeness (QED) is 0.0211. The van der Waals surface area contributed by atoms with Crippen molar-refractivity contribution in [3.8, 4) is 17.2 Å². The van der Waals surface area contributed by atoms with Gasteiger partial charge in [-0.3, -0.25) is 63.5 Å². The van der Waals surface area contributed by atoms with Gasteiger partial charge < -0.3 is 38.0 Å². The molecule has 0 radical (unpaired) electrons. The molecule has 3 aliphatic heterocycles. The summed E-state index contributed by atoms with van der Waals surface area (Å²) in [6, 6.07) is 17.7. The van der Waals surface area contributed by atoms with E-state index in [1.807, 2.05) is 37.3 Å². The molecule has 3 heterocycles. The first-order chi connectivity index (χ1) is 48.8. The number of nitro benzene ring substituents is 2. The zero-order chi connectivity index (χ0) is 73.8. The minimum absolute atomic E-state index is 0.0151. The van der Waals surface area contributed by atoms with Crippen molar-refractivity contribution in [3.63, 3.8) is 0 Å². The molecule has 0 saturated carbocycles. The highest BCUT2D eigenvalue weighted by atomic mass is 16.8. The molecular formula is C71H81N5O26. The number of carbonyl (C=O) groups excluding carboxylic acids is 12. The number of amides is 6. The second-order valence-electron chi connectivity index (χ2n) is 25.1. The van der Waals surface area contributed by atoms with Crippen molar-refractivity contribution in [2.75, 3.05) is 0 Å². The number of hydrogen-bond donors (Lipinski definition) is 0. The zero-order valence-electron chi connectivity index (χ0n) is 56.7. The Morgan fingerprint density at radius 1 is 0.392 bits per heavy atom. The zero-order valence-corrected chi connectivity index (χ0v) is 56.7. The lowest BCUT2D eigenvalue weighted by Crippen LogP contribution is -2.39. The van der Waals surface area contributed by atoms with Crippen LogP contribution in [-0.4, -0.2) is 121 Å². The van der Waals surface area contributed by atoms with E-state index in [0.29, 0.717) is 65.9 Å². The molecule has 6 amide bonds. The molecule has 0 bridgehead atoms. The number of hydroxylamine groups is 6. The molecule has 4 aliphatic carbocycles. The number of nitrogens with zero attached hydrogens (tertiary/aromatic N) is 5. The molecular weight excluding hydrogens is 1340 g/mol. The van der Waals surface area contributed by atoms with Crippen LogP contribution < -0.4 is 14.2 Å². The highest BCUT2D eigenvalue weighted by Gasteiger charge is 2.42. The van der Waals surface area contributed by atoms with Crippen molar-refractivity contribution in [3.05, 3.63) is 147 Å². The Morgan fingerprint density at radius 2 is 0.706 bits per heavy atom. The predicted octanol–water partition coefficient (Wildman–Crippen LogP) is 12.9. The third-order valence-corrected chi connectivity index (χ3v) is 16.9. The normalized spacial score (nSPS) is 23.9. The Labute approximate surface area is 586 Å². The first kappa shape index (κ1) is 78.2. The maximum absolute atomic E-state index is 12.8. The van der Waals surface area contributed by atoms with Gasteiger partial charge in [0.2, 0.25) is 0 Å². The third-order valence-electron chi connectivity index (χ3n) is 16.9. The number of carbonyl (C=O) groups is 12. The van der Waals surface area contributed by atoms with Crippen molar-refractivity contribution in [1.82, 2.24) is 15.2 Å². The first-order valence-electron chi connectivity index (χ1n) is 33.5. The fourth-order valence-corrected chi connectivity index (χ4v) is 11.0. The van der Waals surface area contributed by atoms with Gasteiger partial charge in [0.05, 0.1) is 20.7 Å². The van der Waals surface area contributed by atoms with Crippen LogP contribution in [0.3, 0.4) is 0 Å². The Balaban J connectivity index is 0.000000197. The van der Waals surface area contributed by atoms with Crippen LogP contribution in [0.2, 0.25) is 0 Å². The third kappa shape index (κ3) is 24.9. The predicted molar refractivity (Wildman–Crippen MR) is 353 cm³/mol. The first-order valence-corrected chi connectivity index (χ1v) is 33.5. The van der Waals surface area contributed by atoms with Gasteiger partial charge in [0, 0.05) is 62.8 Å². The Hall–Kier alpha value is -11.1. The van der Waals surface area contributed by atoms with Crippen molar-refractivity contribution in [2.45, 2.75) is 199 Å². The minimum atomic E-state index is -1.16. The van der Waals surface area contributed by atoms with E-state index in [4.69, 9.17) is 38.0 Å². The van der Waals surface area contributed by atoms with Crippen LogP contribution in [0, 0.1) is 38.0 Å². The van der Waals surface area contributed by atoms with E-state index in [1.54, 1.807) is 50.3 Å². The lowest BCUT2D eigenvalue weighted by atomic mass is 9.79. The van der Waals surface area contributed by atoms with Crippen LogP contribution in [0.1, 0.15) is 174 Å². The Kier molecular flexibility index (Phi) is 29.5. The molecule has 0 spiro atoms. The molecule has 31 heteroatoms. The average Bonchev–Trinajstić information content (AvgIpc) is 1.19. The second kappa shape index (κ2) is 38.4. The number of ether oxygens (including phenoxy) is 7. The summed E-state index contributed by atoms with van der Waals surface area (Å²) < 4.78 is 36.5. The smallest absolute Gasteiger partial charge is 0.426 e. The fourth-order valence-electron chi connectivity index (χ4n) is 11.0. The molecule has 546 valence electrons. The van der Waals surface area contributed by atoms with Crippen molar-refractivity contribution in [1.29, 1.82) is 0 Å². The number of rotatable bonds is 14. The van der Waals surface area contributed by atoms with E-state index in [0.717, 1.165) is 56.9 Å². The van der Waals surface area contributed by atoms with Gasteiger partial charge in [-0.25, -0.2) is 24.0 Å². The second-order valence-corrected chi connectivity index (χ2v) is 25.1. The van der Waals surface area contributed by atoms with Crippen LogP contribution in [0.4, 0.5) is 30.6 Å². The summed E-state index contributed by atoms with van der Waals surface area (Å²) in [5, 5.41) is 22.9. The molecule has 3 fully saturated rings. The lowest BCUT2D eigenvalue weighted by Gasteiger charge is -2.29. The summed E-state index contributed by atoms with van der Waals surface area (Å²) in [7, 11) is 0. The molecule has 3 saturated heterocycles. The van der Waals surface area contributed by atoms with E-state index in [1.165, 1.54) is 61.4 Å². The van der Waals surface area contributed by atoms with E-state index in [9.17, 15) is 77.8 Å². The number of hydrogen-bond acceptors (Lipinski definition) is 26. The van der Waals surface area contributed by atoms with Gasteiger partial charge in [0.15, 0.2) is 0 Å². The number of allylic oxidation sites excluding steroid dienone is 4. The van der Waals surface area contributed by atoms with Gasteiger partial charge in [-0.2, -0.15) is 0 Å². The number of imide groups is 3. The molecule has 6 atom stereocenters. The molecule has 2 unspecified atom stereocenters. The molecule has 3 aromatic carbocycles. The van der Waals surface area contributed by atoms with Gasteiger partial charge >= 0.3 is 36.6 Å². The van der Waals surface area contributed by atoms with Gasteiger partial charge in [0.25, 0.3) is 46.8 Å². The summed E-state index contributed by atoms with van der Waals surface area (Å²) >= 11 is 0. The SMILES string of the molecule is C[C@]1(C(=O)ON2C(=O)CCC2=O)C/C=C/[C@@H](OC(=O)ON2C(=O)CCC2=O)CCC1.C[C@]1(C(=O)Oc2ccc([N+](=O)[O-])cc2)C/C=C/[C@@H](OC(=O)Oc2ccc([N+](=O)[O-])cc2)CCC1.Cc1ccc(OC(=O)OC2/C=C/CCCCC2)cc1.O=C(OC1/C=C/CCCCC1)ON1C(=O)CCC1=O. The van der Waals surface area contributed by atoms with Crippen LogP contribution >= 0.6 is 0 Å². The monoisotopic (exact) mass is 1420 g/mol. The molecule has 7 aliphatic rings. The summed E-state index contributed by atoms with van der Waals surface area (Å²) in [6.45, 7) is 5.43. The number of non-ortho nitro benzene ring substituents is 2. The molecule has 31 nitrogen and oxygen atoms in total. The molecule has 3 aromatic rings.